The summed E-state index contributed by atoms with van der Waals surface area (Å²) >= 11 is 0. The first-order valence-electron chi connectivity index (χ1n) is 10.1. The van der Waals surface area contributed by atoms with E-state index in [1.807, 2.05) is 49.5 Å². The second kappa shape index (κ2) is 10.1. The Bertz CT molecular complexity index is 1050. The van der Waals surface area contributed by atoms with E-state index in [1.165, 1.54) is 0 Å². The number of hydrogen-bond acceptors (Lipinski definition) is 5. The number of carbonyl (C=O) groups excluding carboxylic acids is 1. The number of carbonyl (C=O) groups is 1. The fraction of sp³-hybridized carbons (Fsp3) is 0.348. The third-order valence-corrected chi connectivity index (χ3v) is 4.85. The molecule has 158 valence electrons. The van der Waals surface area contributed by atoms with Crippen LogP contribution in [0.2, 0.25) is 0 Å². The molecule has 3 rings (SSSR count). The molecular formula is C23H28N3O4+. The molecule has 1 unspecified atom stereocenters. The molecule has 30 heavy (non-hydrogen) atoms. The van der Waals surface area contributed by atoms with Gasteiger partial charge in [-0.3, -0.25) is 4.79 Å². The second-order valence-electron chi connectivity index (χ2n) is 7.68. The predicted octanol–water partition coefficient (Wildman–Crippen LogP) is 0.899. The predicted molar refractivity (Wildman–Crippen MR) is 115 cm³/mol. The Hall–Kier alpha value is -3.03. The van der Waals surface area contributed by atoms with Crippen LogP contribution in [-0.4, -0.2) is 47.2 Å². The van der Waals surface area contributed by atoms with Crippen LogP contribution in [0, 0.1) is 0 Å². The van der Waals surface area contributed by atoms with Gasteiger partial charge in [0.1, 0.15) is 37.3 Å². The lowest BCUT2D eigenvalue weighted by Gasteiger charge is -2.18. The fourth-order valence-corrected chi connectivity index (χ4v) is 3.30. The summed E-state index contributed by atoms with van der Waals surface area (Å²) in [6, 6.07) is 14.8. The van der Waals surface area contributed by atoms with Crippen molar-refractivity contribution in [2.24, 2.45) is 0 Å². The molecule has 0 aliphatic carbocycles. The van der Waals surface area contributed by atoms with Gasteiger partial charge in [-0.25, -0.2) is 4.98 Å². The van der Waals surface area contributed by atoms with E-state index in [1.54, 1.807) is 13.0 Å². The summed E-state index contributed by atoms with van der Waals surface area (Å²) in [4.78, 5) is 31.6. The van der Waals surface area contributed by atoms with Crippen LogP contribution in [0.3, 0.4) is 0 Å². The number of para-hydroxylation sites is 1. The number of nitrogens with zero attached hydrogens (tertiary/aromatic N) is 1. The molecule has 0 saturated carbocycles. The van der Waals surface area contributed by atoms with Gasteiger partial charge in [0.05, 0.1) is 18.0 Å². The average Bonchev–Trinajstić information content (AvgIpc) is 2.71. The summed E-state index contributed by atoms with van der Waals surface area (Å²) in [5.41, 5.74) is 1.60. The van der Waals surface area contributed by atoms with Crippen molar-refractivity contribution in [3.63, 3.8) is 0 Å². The summed E-state index contributed by atoms with van der Waals surface area (Å²) in [6.45, 7) is 2.70. The maximum atomic E-state index is 12.2. The second-order valence-corrected chi connectivity index (χ2v) is 7.68. The van der Waals surface area contributed by atoms with Crippen LogP contribution >= 0.6 is 0 Å². The lowest BCUT2D eigenvalue weighted by molar-refractivity contribution is -0.897. The SMILES string of the molecule is CC(=O)CCc1ccc(OC[C@@H](O)C[NH+](C)Cc2nc3ccccc3c(=O)[nH]2)cc1. The molecule has 0 bridgehead atoms. The van der Waals surface area contributed by atoms with E-state index in [2.05, 4.69) is 9.97 Å². The lowest BCUT2D eigenvalue weighted by atomic mass is 10.1. The number of benzene rings is 2. The van der Waals surface area contributed by atoms with Crippen molar-refractivity contribution in [2.45, 2.75) is 32.4 Å². The number of Topliss-reactive ketones (excluding diaryl/α,β-unsaturated/α-hetero) is 1. The molecule has 0 aliphatic heterocycles. The molecule has 0 radical (unpaired) electrons. The maximum Gasteiger partial charge on any atom is 0.258 e. The van der Waals surface area contributed by atoms with Crippen molar-refractivity contribution >= 4 is 16.7 Å². The van der Waals surface area contributed by atoms with Crippen molar-refractivity contribution in [3.05, 3.63) is 70.3 Å². The number of nitrogens with one attached hydrogen (secondary N) is 2. The van der Waals surface area contributed by atoms with E-state index in [-0.39, 0.29) is 17.9 Å². The van der Waals surface area contributed by atoms with Gasteiger partial charge in [-0.2, -0.15) is 0 Å². The van der Waals surface area contributed by atoms with Gasteiger partial charge < -0.3 is 24.5 Å². The Morgan fingerprint density at radius 2 is 1.93 bits per heavy atom. The van der Waals surface area contributed by atoms with Crippen LogP contribution in [0.4, 0.5) is 0 Å². The molecule has 2 atom stereocenters. The molecule has 0 spiro atoms. The number of rotatable bonds is 10. The molecule has 1 aromatic heterocycles. The summed E-state index contributed by atoms with van der Waals surface area (Å²) in [7, 11) is 1.93. The van der Waals surface area contributed by atoms with Crippen LogP contribution in [-0.2, 0) is 17.8 Å². The molecule has 3 aromatic rings. The summed E-state index contributed by atoms with van der Waals surface area (Å²) < 4.78 is 5.67. The number of hydrogen-bond donors (Lipinski definition) is 3. The normalized spacial score (nSPS) is 13.2. The van der Waals surface area contributed by atoms with Gasteiger partial charge in [-0.05, 0) is 43.2 Å². The Morgan fingerprint density at radius 1 is 1.20 bits per heavy atom. The zero-order chi connectivity index (χ0) is 21.5. The van der Waals surface area contributed by atoms with Crippen molar-refractivity contribution in [1.82, 2.24) is 9.97 Å². The van der Waals surface area contributed by atoms with Crippen LogP contribution < -0.4 is 15.2 Å². The Balaban J connectivity index is 1.48. The minimum Gasteiger partial charge on any atom is -0.491 e. The highest BCUT2D eigenvalue weighted by atomic mass is 16.5. The van der Waals surface area contributed by atoms with E-state index in [0.717, 1.165) is 16.9 Å². The lowest BCUT2D eigenvalue weighted by Crippen LogP contribution is -3.09. The molecule has 0 saturated heterocycles. The summed E-state index contributed by atoms with van der Waals surface area (Å²) in [5.74, 6) is 1.44. The number of ketones is 1. The number of aliphatic hydroxyl groups is 1. The van der Waals surface area contributed by atoms with Gasteiger partial charge in [0, 0.05) is 6.42 Å². The Kier molecular flexibility index (Phi) is 7.32. The van der Waals surface area contributed by atoms with Crippen molar-refractivity contribution in [2.75, 3.05) is 20.2 Å². The topological polar surface area (TPSA) is 96.7 Å². The van der Waals surface area contributed by atoms with E-state index < -0.39 is 6.10 Å². The molecule has 0 aliphatic rings. The smallest absolute Gasteiger partial charge is 0.258 e. The zero-order valence-electron chi connectivity index (χ0n) is 17.4. The van der Waals surface area contributed by atoms with Gasteiger partial charge in [0.25, 0.3) is 5.56 Å². The molecule has 0 fully saturated rings. The average molecular weight is 410 g/mol. The monoisotopic (exact) mass is 410 g/mol. The zero-order valence-corrected chi connectivity index (χ0v) is 17.4. The third kappa shape index (κ3) is 6.23. The van der Waals surface area contributed by atoms with E-state index >= 15 is 0 Å². The van der Waals surface area contributed by atoms with Gasteiger partial charge in [0.2, 0.25) is 0 Å². The molecule has 0 amide bonds. The van der Waals surface area contributed by atoms with E-state index in [9.17, 15) is 14.7 Å². The van der Waals surface area contributed by atoms with Crippen molar-refractivity contribution < 1.29 is 19.5 Å². The minimum absolute atomic E-state index is 0.154. The molecule has 2 aromatic carbocycles. The van der Waals surface area contributed by atoms with Gasteiger partial charge in [-0.15, -0.1) is 0 Å². The Morgan fingerprint density at radius 3 is 2.67 bits per heavy atom. The highest BCUT2D eigenvalue weighted by molar-refractivity contribution is 5.77. The number of likely N-dealkylation sites (N-methyl/N-ethyl adjacent to an activating group) is 1. The summed E-state index contributed by atoms with van der Waals surface area (Å²) in [6.07, 6.45) is 0.595. The summed E-state index contributed by atoms with van der Waals surface area (Å²) in [5, 5.41) is 10.9. The number of fused-ring (bicyclic) bond motifs is 1. The highest BCUT2D eigenvalue weighted by Crippen LogP contribution is 2.13. The number of aryl methyl sites for hydroxylation is 1. The number of ether oxygens (including phenoxy) is 1. The first kappa shape index (κ1) is 21.7. The van der Waals surface area contributed by atoms with E-state index in [4.69, 9.17) is 4.74 Å². The number of quaternary nitrogens is 1. The van der Waals surface area contributed by atoms with Crippen molar-refractivity contribution in [3.8, 4) is 5.75 Å². The number of aromatic amines is 1. The van der Waals surface area contributed by atoms with Gasteiger partial charge >= 0.3 is 0 Å². The molecule has 1 heterocycles. The highest BCUT2D eigenvalue weighted by Gasteiger charge is 2.15. The fourth-order valence-electron chi connectivity index (χ4n) is 3.30. The first-order chi connectivity index (χ1) is 14.4. The van der Waals surface area contributed by atoms with E-state index in [0.29, 0.717) is 42.0 Å². The van der Waals surface area contributed by atoms with Crippen LogP contribution in [0.25, 0.3) is 10.9 Å². The minimum atomic E-state index is -0.658. The quantitative estimate of drug-likeness (QED) is 0.462. The standard InChI is InChI=1S/C23H27N3O4/c1-16(27)7-8-17-9-11-19(12-10-17)30-15-18(28)13-26(2)14-22-24-21-6-4-3-5-20(21)23(29)25-22/h3-6,9-12,18,28H,7-8,13-15H2,1-2H3,(H,24,25,29)/p+1/t18-/m0/s1. The largest absolute Gasteiger partial charge is 0.491 e. The number of aliphatic hydroxyl groups excluding tert-OH is 1. The first-order valence-corrected chi connectivity index (χ1v) is 10.1. The van der Waals surface area contributed by atoms with Crippen LogP contribution in [0.15, 0.2) is 53.3 Å². The van der Waals surface area contributed by atoms with Crippen molar-refractivity contribution in [1.29, 1.82) is 0 Å². The third-order valence-electron chi connectivity index (χ3n) is 4.85. The molecule has 7 nitrogen and oxygen atoms in total. The van der Waals surface area contributed by atoms with Crippen LogP contribution in [0.1, 0.15) is 24.7 Å². The maximum absolute atomic E-state index is 12.2. The van der Waals surface area contributed by atoms with Crippen LogP contribution in [0.5, 0.6) is 5.75 Å². The number of H-pyrrole nitrogens is 1. The molecule has 3 N–H and O–H groups in total. The number of aromatic nitrogens is 2. The molecule has 7 heteroatoms. The molecular weight excluding hydrogens is 382 g/mol. The Labute approximate surface area is 175 Å². The van der Waals surface area contributed by atoms with Gasteiger partial charge in [-0.1, -0.05) is 24.3 Å². The van der Waals surface area contributed by atoms with Gasteiger partial charge in [0.15, 0.2) is 5.82 Å².